The number of aromatic nitrogens is 3. The smallest absolute Gasteiger partial charge is 0.310 e. The minimum atomic E-state index is -4.43. The van der Waals surface area contributed by atoms with Crippen LogP contribution in [0.4, 0.5) is 13.2 Å². The minimum absolute atomic E-state index is 0.524. The molecule has 2 aromatic heterocycles. The van der Waals surface area contributed by atoms with Crippen molar-refractivity contribution in [1.29, 1.82) is 0 Å². The molecule has 0 radical (unpaired) electrons. The zero-order valence-electron chi connectivity index (χ0n) is 10.6. The van der Waals surface area contributed by atoms with Crippen LogP contribution in [0.2, 0.25) is 0 Å². The van der Waals surface area contributed by atoms with E-state index in [2.05, 4.69) is 15.4 Å². The first kappa shape index (κ1) is 13.1. The first-order valence-corrected chi connectivity index (χ1v) is 6.33. The molecule has 1 fully saturated rings. The Kier molecular flexibility index (Phi) is 3.21. The summed E-state index contributed by atoms with van der Waals surface area (Å²) in [7, 11) is 0. The Hall–Kier alpha value is -1.89. The second kappa shape index (κ2) is 4.90. The summed E-state index contributed by atoms with van der Waals surface area (Å²) in [4.78, 5) is 4.05. The van der Waals surface area contributed by atoms with Crippen molar-refractivity contribution in [3.63, 3.8) is 0 Å². The number of nitrogens with zero attached hydrogens (tertiary/aromatic N) is 3. The lowest BCUT2D eigenvalue weighted by Crippen LogP contribution is -2.15. The summed E-state index contributed by atoms with van der Waals surface area (Å²) in [5.74, 6) is 0. The van der Waals surface area contributed by atoms with Crippen LogP contribution in [-0.4, -0.2) is 20.8 Å². The Morgan fingerprint density at radius 2 is 2.10 bits per heavy atom. The van der Waals surface area contributed by atoms with Crippen LogP contribution in [0.25, 0.3) is 5.69 Å². The third-order valence-corrected chi connectivity index (χ3v) is 3.10. The SMILES string of the molecule is FC(F)(F)c1ccn(-c2cncc(CNC3CC3)c2)n1. The molecule has 2 aromatic rings. The fraction of sp³-hybridized carbons (Fsp3) is 0.385. The molecule has 0 unspecified atom stereocenters. The second-order valence-corrected chi connectivity index (χ2v) is 4.85. The van der Waals surface area contributed by atoms with Gasteiger partial charge >= 0.3 is 6.18 Å². The number of pyridine rings is 1. The molecule has 106 valence electrons. The van der Waals surface area contributed by atoms with Crippen LogP contribution in [0.1, 0.15) is 24.1 Å². The van der Waals surface area contributed by atoms with Crippen molar-refractivity contribution in [1.82, 2.24) is 20.1 Å². The summed E-state index contributed by atoms with van der Waals surface area (Å²) in [6.45, 7) is 0.666. The zero-order valence-corrected chi connectivity index (χ0v) is 10.6. The van der Waals surface area contributed by atoms with E-state index < -0.39 is 11.9 Å². The molecular formula is C13H13F3N4. The fourth-order valence-corrected chi connectivity index (χ4v) is 1.86. The van der Waals surface area contributed by atoms with Gasteiger partial charge in [0.1, 0.15) is 0 Å². The van der Waals surface area contributed by atoms with Crippen molar-refractivity contribution >= 4 is 0 Å². The highest BCUT2D eigenvalue weighted by molar-refractivity contribution is 5.31. The highest BCUT2D eigenvalue weighted by atomic mass is 19.4. The quantitative estimate of drug-likeness (QED) is 0.937. The Labute approximate surface area is 113 Å². The van der Waals surface area contributed by atoms with Gasteiger partial charge in [0.05, 0.1) is 11.9 Å². The van der Waals surface area contributed by atoms with E-state index in [0.717, 1.165) is 11.6 Å². The Bertz CT molecular complexity index is 602. The number of hydrogen-bond acceptors (Lipinski definition) is 3. The summed E-state index contributed by atoms with van der Waals surface area (Å²) in [6.07, 6.45) is 2.42. The Balaban J connectivity index is 1.78. The van der Waals surface area contributed by atoms with Gasteiger partial charge in [0.25, 0.3) is 0 Å². The molecule has 0 amide bonds. The van der Waals surface area contributed by atoms with E-state index in [1.165, 1.54) is 29.9 Å². The second-order valence-electron chi connectivity index (χ2n) is 4.85. The highest BCUT2D eigenvalue weighted by Crippen LogP contribution is 2.27. The van der Waals surface area contributed by atoms with Crippen LogP contribution in [0, 0.1) is 0 Å². The predicted molar refractivity (Wildman–Crippen MR) is 66.2 cm³/mol. The van der Waals surface area contributed by atoms with Crippen molar-refractivity contribution in [2.24, 2.45) is 0 Å². The molecule has 0 bridgehead atoms. The van der Waals surface area contributed by atoms with E-state index in [1.807, 2.05) is 0 Å². The number of nitrogens with one attached hydrogen (secondary N) is 1. The average Bonchev–Trinajstić information content (AvgIpc) is 3.09. The summed E-state index contributed by atoms with van der Waals surface area (Å²) >= 11 is 0. The van der Waals surface area contributed by atoms with Gasteiger partial charge in [-0.3, -0.25) is 4.98 Å². The first-order valence-electron chi connectivity index (χ1n) is 6.33. The fourth-order valence-electron chi connectivity index (χ4n) is 1.86. The molecule has 1 N–H and O–H groups in total. The number of halogens is 3. The van der Waals surface area contributed by atoms with Gasteiger partial charge in [-0.15, -0.1) is 0 Å². The molecule has 2 heterocycles. The van der Waals surface area contributed by atoms with Crippen molar-refractivity contribution in [2.75, 3.05) is 0 Å². The number of alkyl halides is 3. The van der Waals surface area contributed by atoms with E-state index in [-0.39, 0.29) is 0 Å². The van der Waals surface area contributed by atoms with Gasteiger partial charge in [-0.2, -0.15) is 18.3 Å². The van der Waals surface area contributed by atoms with Gasteiger partial charge in [0, 0.05) is 25.0 Å². The van der Waals surface area contributed by atoms with E-state index in [0.29, 0.717) is 18.3 Å². The predicted octanol–water partition coefficient (Wildman–Crippen LogP) is 2.54. The van der Waals surface area contributed by atoms with Crippen LogP contribution >= 0.6 is 0 Å². The van der Waals surface area contributed by atoms with Crippen LogP contribution in [0.5, 0.6) is 0 Å². The molecule has 1 aliphatic rings. The van der Waals surface area contributed by atoms with Crippen LogP contribution < -0.4 is 5.32 Å². The molecule has 0 spiro atoms. The maximum absolute atomic E-state index is 12.5. The molecule has 1 aliphatic carbocycles. The lowest BCUT2D eigenvalue weighted by molar-refractivity contribution is -0.141. The average molecular weight is 282 g/mol. The molecule has 0 atom stereocenters. The lowest BCUT2D eigenvalue weighted by Gasteiger charge is -2.06. The maximum atomic E-state index is 12.5. The standard InChI is InChI=1S/C13H13F3N4/c14-13(15,16)12-3-4-20(19-12)11-5-9(6-17-8-11)7-18-10-1-2-10/h3-6,8,10,18H,1-2,7H2. The van der Waals surface area contributed by atoms with Crippen LogP contribution in [0.15, 0.2) is 30.7 Å². The van der Waals surface area contributed by atoms with Gasteiger partial charge in [-0.05, 0) is 30.5 Å². The Morgan fingerprint density at radius 3 is 2.75 bits per heavy atom. The van der Waals surface area contributed by atoms with Gasteiger partial charge in [-0.25, -0.2) is 4.68 Å². The Morgan fingerprint density at radius 1 is 1.30 bits per heavy atom. The molecule has 0 saturated heterocycles. The van der Waals surface area contributed by atoms with E-state index in [9.17, 15) is 13.2 Å². The van der Waals surface area contributed by atoms with Gasteiger partial charge in [-0.1, -0.05) is 0 Å². The van der Waals surface area contributed by atoms with Crippen molar-refractivity contribution in [3.8, 4) is 5.69 Å². The van der Waals surface area contributed by atoms with Crippen LogP contribution in [0.3, 0.4) is 0 Å². The molecule has 20 heavy (non-hydrogen) atoms. The van der Waals surface area contributed by atoms with Gasteiger partial charge < -0.3 is 5.32 Å². The summed E-state index contributed by atoms with van der Waals surface area (Å²) < 4.78 is 38.7. The topological polar surface area (TPSA) is 42.7 Å². The van der Waals surface area contributed by atoms with E-state index >= 15 is 0 Å². The number of rotatable bonds is 4. The largest absolute Gasteiger partial charge is 0.435 e. The summed E-state index contributed by atoms with van der Waals surface area (Å²) in [5.41, 5.74) is 0.549. The minimum Gasteiger partial charge on any atom is -0.310 e. The van der Waals surface area contributed by atoms with E-state index in [4.69, 9.17) is 0 Å². The normalized spacial score (nSPS) is 15.6. The van der Waals surface area contributed by atoms with Crippen LogP contribution in [-0.2, 0) is 12.7 Å². The first-order chi connectivity index (χ1) is 9.52. The highest BCUT2D eigenvalue weighted by Gasteiger charge is 2.33. The molecular weight excluding hydrogens is 269 g/mol. The summed E-state index contributed by atoms with van der Waals surface area (Å²) in [5, 5.41) is 6.86. The third kappa shape index (κ3) is 2.98. The molecule has 0 aromatic carbocycles. The number of hydrogen-bond donors (Lipinski definition) is 1. The van der Waals surface area contributed by atoms with Crippen molar-refractivity contribution < 1.29 is 13.2 Å². The van der Waals surface area contributed by atoms with Crippen molar-refractivity contribution in [2.45, 2.75) is 31.6 Å². The van der Waals surface area contributed by atoms with E-state index in [1.54, 1.807) is 12.3 Å². The maximum Gasteiger partial charge on any atom is 0.435 e. The molecule has 4 nitrogen and oxygen atoms in total. The molecule has 0 aliphatic heterocycles. The summed E-state index contributed by atoms with van der Waals surface area (Å²) in [6, 6.07) is 3.31. The molecule has 1 saturated carbocycles. The van der Waals surface area contributed by atoms with Gasteiger partial charge in [0.2, 0.25) is 0 Å². The lowest BCUT2D eigenvalue weighted by atomic mass is 10.2. The van der Waals surface area contributed by atoms with Gasteiger partial charge in [0.15, 0.2) is 5.69 Å². The molecule has 3 rings (SSSR count). The zero-order chi connectivity index (χ0) is 14.2. The molecule has 7 heteroatoms. The third-order valence-electron chi connectivity index (χ3n) is 3.10. The monoisotopic (exact) mass is 282 g/mol. The van der Waals surface area contributed by atoms with Crippen molar-refractivity contribution in [3.05, 3.63) is 42.0 Å².